The van der Waals surface area contributed by atoms with E-state index >= 15 is 0 Å². The van der Waals surface area contributed by atoms with Gasteiger partial charge < -0.3 is 0 Å². The second-order valence-electron chi connectivity index (χ2n) is 7.07. The second-order valence-corrected chi connectivity index (χ2v) is 10.4. The topological polar surface area (TPSA) is 265 Å². The van der Waals surface area contributed by atoms with E-state index in [9.17, 15) is 57.3 Å². The van der Waals surface area contributed by atoms with Crippen molar-refractivity contribution in [2.45, 2.75) is 9.79 Å². The van der Waals surface area contributed by atoms with Crippen molar-refractivity contribution in [1.29, 1.82) is 0 Å². The van der Waals surface area contributed by atoms with Crippen LogP contribution in [0.3, 0.4) is 0 Å². The number of nitro benzene ring substituents is 4. The zero-order valence-corrected chi connectivity index (χ0v) is 19.9. The maximum atomic E-state index is 12.8. The molecule has 3 aromatic carbocycles. The molecule has 0 aliphatic carbocycles. The van der Waals surface area contributed by atoms with Crippen LogP contribution in [0.25, 0.3) is 0 Å². The van der Waals surface area contributed by atoms with Gasteiger partial charge in [-0.1, -0.05) is 18.2 Å². The summed E-state index contributed by atoms with van der Waals surface area (Å²) in [6.45, 7) is 0. The molecule has 38 heavy (non-hydrogen) atoms. The van der Waals surface area contributed by atoms with E-state index in [0.717, 1.165) is 60.7 Å². The molecule has 18 nitrogen and oxygen atoms in total. The van der Waals surface area contributed by atoms with Crippen molar-refractivity contribution in [3.8, 4) is 0 Å². The molecule has 0 atom stereocenters. The minimum absolute atomic E-state index is 0.362. The first-order valence-corrected chi connectivity index (χ1v) is 12.6. The summed E-state index contributed by atoms with van der Waals surface area (Å²) in [5, 5.41) is 45.0. The summed E-state index contributed by atoms with van der Waals surface area (Å²) in [6, 6.07) is 9.04. The molecule has 2 N–H and O–H groups in total. The Bertz CT molecular complexity index is 1600. The summed E-state index contributed by atoms with van der Waals surface area (Å²) in [7, 11) is -9.66. The number of rotatable bonds is 10. The smallest absolute Gasteiger partial charge is 0.279 e. The first-order chi connectivity index (χ1) is 17.7. The van der Waals surface area contributed by atoms with Gasteiger partial charge in [-0.3, -0.25) is 49.9 Å². The lowest BCUT2D eigenvalue weighted by atomic mass is 10.3. The van der Waals surface area contributed by atoms with Crippen LogP contribution < -0.4 is 9.44 Å². The van der Waals surface area contributed by atoms with Gasteiger partial charge in [-0.15, -0.1) is 0 Å². The summed E-state index contributed by atoms with van der Waals surface area (Å²) < 4.78 is 55.2. The molecule has 0 bridgehead atoms. The van der Waals surface area contributed by atoms with Crippen LogP contribution >= 0.6 is 0 Å². The molecule has 0 amide bonds. The van der Waals surface area contributed by atoms with E-state index in [2.05, 4.69) is 0 Å². The van der Waals surface area contributed by atoms with Gasteiger partial charge in [0.1, 0.15) is 0 Å². The van der Waals surface area contributed by atoms with E-state index in [1.807, 2.05) is 9.44 Å². The van der Waals surface area contributed by atoms with E-state index in [4.69, 9.17) is 0 Å². The van der Waals surface area contributed by atoms with E-state index in [0.29, 0.717) is 0 Å². The lowest BCUT2D eigenvalue weighted by Crippen LogP contribution is -2.17. The predicted molar refractivity (Wildman–Crippen MR) is 128 cm³/mol. The van der Waals surface area contributed by atoms with Crippen molar-refractivity contribution >= 4 is 54.2 Å². The number of nitro groups is 4. The molecule has 3 aromatic rings. The highest BCUT2D eigenvalue weighted by Crippen LogP contribution is 2.36. The fourth-order valence-corrected chi connectivity index (χ4v) is 5.66. The van der Waals surface area contributed by atoms with Gasteiger partial charge >= 0.3 is 22.7 Å². The van der Waals surface area contributed by atoms with Gasteiger partial charge in [-0.2, -0.15) is 0 Å². The Morgan fingerprint density at radius 1 is 0.526 bits per heavy atom. The number of anilines is 2. The van der Waals surface area contributed by atoms with Crippen molar-refractivity contribution < 1.29 is 36.5 Å². The minimum atomic E-state index is -4.83. The summed E-state index contributed by atoms with van der Waals surface area (Å²) >= 11 is 0. The summed E-state index contributed by atoms with van der Waals surface area (Å²) in [5.41, 5.74) is -5.50. The van der Waals surface area contributed by atoms with Gasteiger partial charge in [0, 0.05) is 12.1 Å². The molecule has 0 aromatic heterocycles. The summed E-state index contributed by atoms with van der Waals surface area (Å²) in [4.78, 5) is 38.1. The Hall–Kier alpha value is -5.24. The first kappa shape index (κ1) is 27.3. The van der Waals surface area contributed by atoms with Crippen LogP contribution in [-0.4, -0.2) is 36.5 Å². The number of sulfonamides is 2. The van der Waals surface area contributed by atoms with Crippen LogP contribution in [-0.2, 0) is 20.0 Å². The molecule has 0 aliphatic rings. The molecule has 3 rings (SSSR count). The maximum Gasteiger partial charge on any atom is 0.366 e. The van der Waals surface area contributed by atoms with Crippen LogP contribution in [0.1, 0.15) is 0 Å². The fraction of sp³-hybridized carbons (Fsp3) is 0. The Morgan fingerprint density at radius 3 is 1.18 bits per heavy atom. The van der Waals surface area contributed by atoms with Gasteiger partial charge in [0.15, 0.2) is 9.79 Å². The van der Waals surface area contributed by atoms with E-state index in [1.165, 1.54) is 0 Å². The lowest BCUT2D eigenvalue weighted by molar-refractivity contribution is -0.424. The maximum absolute atomic E-state index is 12.8. The molecular formula is C18H12N6O12S2. The molecular weight excluding hydrogens is 556 g/mol. The average Bonchev–Trinajstić information content (AvgIpc) is 2.82. The van der Waals surface area contributed by atoms with Gasteiger partial charge in [0.05, 0.1) is 31.1 Å². The lowest BCUT2D eigenvalue weighted by Gasteiger charge is -2.12. The van der Waals surface area contributed by atoms with Gasteiger partial charge in [0.25, 0.3) is 20.0 Å². The second kappa shape index (κ2) is 10.0. The Morgan fingerprint density at radius 2 is 0.868 bits per heavy atom. The number of benzene rings is 3. The van der Waals surface area contributed by atoms with Gasteiger partial charge in [0.2, 0.25) is 0 Å². The highest BCUT2D eigenvalue weighted by atomic mass is 32.2. The first-order valence-electron chi connectivity index (χ1n) is 9.65. The largest absolute Gasteiger partial charge is 0.366 e. The fourth-order valence-electron chi connectivity index (χ4n) is 3.18. The summed E-state index contributed by atoms with van der Waals surface area (Å²) in [5.74, 6) is 0. The molecule has 0 fully saturated rings. The number of para-hydroxylation sites is 2. The molecule has 0 aliphatic heterocycles. The number of hydrogen-bond donors (Lipinski definition) is 2. The van der Waals surface area contributed by atoms with Crippen LogP contribution in [0.5, 0.6) is 0 Å². The van der Waals surface area contributed by atoms with E-state index < -0.39 is 72.3 Å². The molecule has 20 heteroatoms. The molecule has 198 valence electrons. The van der Waals surface area contributed by atoms with Gasteiger partial charge in [-0.05, 0) is 30.3 Å². The average molecular weight is 568 g/mol. The van der Waals surface area contributed by atoms with Crippen LogP contribution in [0.15, 0.2) is 70.5 Å². The van der Waals surface area contributed by atoms with Crippen molar-refractivity contribution in [3.05, 3.63) is 101 Å². The van der Waals surface area contributed by atoms with Gasteiger partial charge in [-0.25, -0.2) is 16.8 Å². The number of hydrogen-bond acceptors (Lipinski definition) is 12. The standard InChI is InChI=1S/C18H12N6O12S2/c25-21(26)13-6-2-8-15(17(13)23(29)30)37(33,34)19-11-4-1-5-12(10-11)20-38(35,36)16-9-3-7-14(22(27)28)18(16)24(31)32/h1-10,19-20H. The van der Waals surface area contributed by atoms with Crippen LogP contribution in [0.2, 0.25) is 0 Å². The minimum Gasteiger partial charge on any atom is -0.279 e. The zero-order valence-electron chi connectivity index (χ0n) is 18.3. The molecule has 0 unspecified atom stereocenters. The molecule has 0 saturated carbocycles. The van der Waals surface area contributed by atoms with E-state index in [1.54, 1.807) is 0 Å². The quantitative estimate of drug-likeness (QED) is 0.264. The number of nitrogens with zero attached hydrogens (tertiary/aromatic N) is 4. The van der Waals surface area contributed by atoms with Crippen LogP contribution in [0, 0.1) is 40.5 Å². The van der Waals surface area contributed by atoms with Crippen molar-refractivity contribution in [1.82, 2.24) is 0 Å². The summed E-state index contributed by atoms with van der Waals surface area (Å²) in [6.07, 6.45) is 0. The SMILES string of the molecule is O=[N+]([O-])c1cccc(S(=O)(=O)Nc2cccc(NS(=O)(=O)c3cccc([N+](=O)[O-])c3[N+](=O)[O-])c2)c1[N+](=O)[O-]. The highest BCUT2D eigenvalue weighted by molar-refractivity contribution is 7.93. The highest BCUT2D eigenvalue weighted by Gasteiger charge is 2.36. The third kappa shape index (κ3) is 5.44. The Kier molecular flexibility index (Phi) is 7.21. The van der Waals surface area contributed by atoms with Crippen molar-refractivity contribution in [3.63, 3.8) is 0 Å². The van der Waals surface area contributed by atoms with Crippen LogP contribution in [0.4, 0.5) is 34.1 Å². The molecule has 0 spiro atoms. The molecule has 0 heterocycles. The molecule has 0 saturated heterocycles. The predicted octanol–water partition coefficient (Wildman–Crippen LogP) is 2.92. The molecule has 0 radical (unpaired) electrons. The zero-order chi connectivity index (χ0) is 28.4. The van der Waals surface area contributed by atoms with Crippen molar-refractivity contribution in [2.24, 2.45) is 0 Å². The third-order valence-electron chi connectivity index (χ3n) is 4.66. The normalized spacial score (nSPS) is 11.4. The number of nitrogens with one attached hydrogen (secondary N) is 2. The Balaban J connectivity index is 2.01. The Labute approximate surface area is 211 Å². The van der Waals surface area contributed by atoms with E-state index in [-0.39, 0.29) is 11.4 Å². The monoisotopic (exact) mass is 568 g/mol. The third-order valence-corrected chi connectivity index (χ3v) is 7.49. The van der Waals surface area contributed by atoms with Crippen molar-refractivity contribution in [2.75, 3.05) is 9.44 Å².